The molecule has 6 saturated carbocycles. The van der Waals surface area contributed by atoms with Crippen LogP contribution in [0.2, 0.25) is 0 Å². The molecule has 1 heterocycles. The highest BCUT2D eigenvalue weighted by molar-refractivity contribution is 7.93. The van der Waals surface area contributed by atoms with Gasteiger partial charge >= 0.3 is 15.5 Å². The molecule has 0 unspecified atom stereocenters. The molecule has 0 radical (unpaired) electrons. The number of amides is 1. The van der Waals surface area contributed by atoms with E-state index in [9.17, 15) is 30.8 Å². The first kappa shape index (κ1) is 32.1. The second kappa shape index (κ2) is 10.8. The van der Waals surface area contributed by atoms with Crippen LogP contribution in [0.15, 0.2) is 53.1 Å². The zero-order valence-corrected chi connectivity index (χ0v) is 27.2. The fourth-order valence-electron chi connectivity index (χ4n) is 8.43. The molecule has 6 fully saturated rings. The van der Waals surface area contributed by atoms with Crippen molar-refractivity contribution in [2.45, 2.75) is 101 Å². The molecule has 1 amide bonds. The van der Waals surface area contributed by atoms with Crippen molar-refractivity contribution in [3.05, 3.63) is 60.2 Å². The summed E-state index contributed by atoms with van der Waals surface area (Å²) in [6, 6.07) is 13.0. The maximum Gasteiger partial charge on any atom is 0.516 e. The lowest BCUT2D eigenvalue weighted by Crippen LogP contribution is -2.65. The third-order valence-electron chi connectivity index (χ3n) is 11.1. The average Bonchev–Trinajstić information content (AvgIpc) is 3.51. The van der Waals surface area contributed by atoms with Gasteiger partial charge in [0.1, 0.15) is 5.67 Å². The van der Waals surface area contributed by atoms with Crippen LogP contribution in [0.4, 0.5) is 28.9 Å². The fourth-order valence-corrected chi connectivity index (χ4v) is 8.99. The summed E-state index contributed by atoms with van der Waals surface area (Å²) in [6.07, 6.45) is 6.99. The molecule has 8 nitrogen and oxygen atoms in total. The first-order valence-electron chi connectivity index (χ1n) is 16.2. The van der Waals surface area contributed by atoms with E-state index in [0.717, 1.165) is 50.0 Å². The molecule has 47 heavy (non-hydrogen) atoms. The Kier molecular flexibility index (Phi) is 7.35. The summed E-state index contributed by atoms with van der Waals surface area (Å²) in [5.41, 5.74) is -5.18. The fraction of sp³-hybridized carbons (Fsp3) is 0.559. The van der Waals surface area contributed by atoms with Crippen LogP contribution in [0.5, 0.6) is 0 Å². The lowest BCUT2D eigenvalue weighted by atomic mass is 9.41. The molecule has 9 rings (SSSR count). The van der Waals surface area contributed by atoms with E-state index in [1.165, 1.54) is 24.3 Å². The van der Waals surface area contributed by atoms with Gasteiger partial charge in [-0.1, -0.05) is 43.3 Å². The van der Waals surface area contributed by atoms with E-state index in [4.69, 9.17) is 9.51 Å². The SMILES string of the molecule is CC(C)c1noc(C23CCC(CN(C(=O)CC45CC(F)(C4)C5)c4cccc(-c5ccc(NS(=O)(=O)C(F)(F)F)cc5)c4)(CC2)CC3)n1. The van der Waals surface area contributed by atoms with Crippen molar-refractivity contribution in [1.29, 1.82) is 0 Å². The number of carbonyl (C=O) groups is 1. The van der Waals surface area contributed by atoms with Crippen LogP contribution in [0.3, 0.4) is 0 Å². The average molecular weight is 675 g/mol. The minimum atomic E-state index is -5.54. The number of alkyl halides is 4. The first-order valence-corrected chi connectivity index (χ1v) is 17.6. The van der Waals surface area contributed by atoms with Gasteiger partial charge in [-0.2, -0.15) is 26.6 Å². The molecule has 1 N–H and O–H groups in total. The summed E-state index contributed by atoms with van der Waals surface area (Å²) in [4.78, 5) is 20.7. The highest BCUT2D eigenvalue weighted by atomic mass is 32.2. The number of fused-ring (bicyclic) bond motifs is 3. The van der Waals surface area contributed by atoms with Gasteiger partial charge in [-0.3, -0.25) is 9.52 Å². The van der Waals surface area contributed by atoms with Crippen LogP contribution in [-0.2, 0) is 20.2 Å². The van der Waals surface area contributed by atoms with Crippen LogP contribution in [0.25, 0.3) is 11.1 Å². The molecule has 0 spiro atoms. The summed E-state index contributed by atoms with van der Waals surface area (Å²) in [7, 11) is -5.54. The normalized spacial score (nSPS) is 29.7. The Labute approximate surface area is 271 Å². The second-order valence-electron chi connectivity index (χ2n) is 14.9. The number of aromatic nitrogens is 2. The predicted octanol–water partition coefficient (Wildman–Crippen LogP) is 8.03. The molecule has 0 saturated heterocycles. The van der Waals surface area contributed by atoms with E-state index in [2.05, 4.69) is 5.16 Å². The molecule has 252 valence electrons. The Morgan fingerprint density at radius 1 is 0.957 bits per heavy atom. The van der Waals surface area contributed by atoms with Gasteiger partial charge in [0.25, 0.3) is 0 Å². The van der Waals surface area contributed by atoms with Gasteiger partial charge in [-0.15, -0.1) is 0 Å². The van der Waals surface area contributed by atoms with Gasteiger partial charge in [-0.05, 0) is 104 Å². The van der Waals surface area contributed by atoms with Gasteiger partial charge < -0.3 is 9.42 Å². The maximum atomic E-state index is 14.4. The molecule has 0 atom stereocenters. The van der Waals surface area contributed by atoms with Crippen LogP contribution in [0.1, 0.15) is 95.7 Å². The zero-order valence-electron chi connectivity index (χ0n) is 26.4. The molecule has 6 aliphatic carbocycles. The number of hydrogen-bond donors (Lipinski definition) is 1. The van der Waals surface area contributed by atoms with Crippen molar-refractivity contribution in [2.75, 3.05) is 16.2 Å². The van der Waals surface area contributed by atoms with Gasteiger partial charge in [0.15, 0.2) is 5.82 Å². The van der Waals surface area contributed by atoms with E-state index in [0.29, 0.717) is 42.9 Å². The van der Waals surface area contributed by atoms with Crippen LogP contribution >= 0.6 is 0 Å². The summed E-state index contributed by atoms with van der Waals surface area (Å²) >= 11 is 0. The number of nitrogens with one attached hydrogen (secondary N) is 1. The number of rotatable bonds is 10. The topological polar surface area (TPSA) is 105 Å². The van der Waals surface area contributed by atoms with Crippen LogP contribution in [-0.4, -0.2) is 42.2 Å². The first-order chi connectivity index (χ1) is 22.0. The largest absolute Gasteiger partial charge is 0.516 e. The number of sulfonamides is 1. The van der Waals surface area contributed by atoms with E-state index in [-0.39, 0.29) is 40.2 Å². The van der Waals surface area contributed by atoms with Gasteiger partial charge in [0, 0.05) is 35.7 Å². The van der Waals surface area contributed by atoms with Gasteiger partial charge in [0.2, 0.25) is 11.8 Å². The lowest BCUT2D eigenvalue weighted by Gasteiger charge is -2.66. The Morgan fingerprint density at radius 2 is 1.60 bits per heavy atom. The van der Waals surface area contributed by atoms with Crippen molar-refractivity contribution in [3.63, 3.8) is 0 Å². The third kappa shape index (κ3) is 5.72. The van der Waals surface area contributed by atoms with E-state index >= 15 is 0 Å². The molecule has 4 bridgehead atoms. The summed E-state index contributed by atoms with van der Waals surface area (Å²) in [5.74, 6) is 1.58. The molecular weight excluding hydrogens is 636 g/mol. The van der Waals surface area contributed by atoms with Crippen molar-refractivity contribution in [2.24, 2.45) is 10.8 Å². The standard InChI is InChI=1S/C34H38F4N4O4S/c1-22(2)28-39-29(46-40-28)32-13-10-30(11-14-32,12-15-32)21-42(27(43)17-31-18-33(35,19-31)20-31)26-5-3-4-24(16-26)23-6-8-25(9-7-23)41-47(44,45)34(36,37)38/h3-9,16,22,41H,10-15,17-21H2,1-2H3. The van der Waals surface area contributed by atoms with Crippen molar-refractivity contribution < 1.29 is 35.3 Å². The molecular formula is C34H38F4N4O4S. The van der Waals surface area contributed by atoms with Gasteiger partial charge in [-0.25, -0.2) is 4.39 Å². The third-order valence-corrected chi connectivity index (χ3v) is 12.3. The number of nitrogens with zero attached hydrogens (tertiary/aromatic N) is 3. The Balaban J connectivity index is 1.12. The molecule has 0 aliphatic heterocycles. The number of hydrogen-bond acceptors (Lipinski definition) is 6. The minimum Gasteiger partial charge on any atom is -0.339 e. The summed E-state index contributed by atoms with van der Waals surface area (Å²) in [6.45, 7) is 4.61. The Bertz CT molecular complexity index is 1760. The van der Waals surface area contributed by atoms with E-state index in [1.54, 1.807) is 4.72 Å². The quantitative estimate of drug-likeness (QED) is 0.218. The van der Waals surface area contributed by atoms with Crippen molar-refractivity contribution >= 4 is 27.3 Å². The number of carbonyl (C=O) groups excluding carboxylic acids is 1. The number of benzene rings is 2. The summed E-state index contributed by atoms with van der Waals surface area (Å²) in [5, 5.41) is 4.21. The highest BCUT2D eigenvalue weighted by Crippen LogP contribution is 2.71. The molecule has 1 aromatic heterocycles. The lowest BCUT2D eigenvalue weighted by molar-refractivity contribution is -0.215. The molecule has 3 aromatic rings. The number of anilines is 2. The molecule has 13 heteroatoms. The highest BCUT2D eigenvalue weighted by Gasteiger charge is 2.69. The molecule has 2 aromatic carbocycles. The monoisotopic (exact) mass is 674 g/mol. The predicted molar refractivity (Wildman–Crippen MR) is 168 cm³/mol. The van der Waals surface area contributed by atoms with Gasteiger partial charge in [0.05, 0.1) is 0 Å². The van der Waals surface area contributed by atoms with Crippen molar-refractivity contribution in [1.82, 2.24) is 10.1 Å². The zero-order chi connectivity index (χ0) is 33.5. The smallest absolute Gasteiger partial charge is 0.339 e. The van der Waals surface area contributed by atoms with E-state index < -0.39 is 21.2 Å². The van der Waals surface area contributed by atoms with E-state index in [1.807, 2.05) is 43.0 Å². The van der Waals surface area contributed by atoms with Crippen LogP contribution in [0, 0.1) is 10.8 Å². The molecule has 6 aliphatic rings. The second-order valence-corrected chi connectivity index (χ2v) is 16.6. The number of halogens is 4. The maximum absolute atomic E-state index is 14.4. The summed E-state index contributed by atoms with van der Waals surface area (Å²) < 4.78 is 83.3. The Morgan fingerprint density at radius 3 is 2.15 bits per heavy atom. The minimum absolute atomic E-state index is 0.0314. The Hall–Kier alpha value is -3.48. The van der Waals surface area contributed by atoms with Crippen LogP contribution < -0.4 is 9.62 Å². The van der Waals surface area contributed by atoms with Crippen molar-refractivity contribution in [3.8, 4) is 11.1 Å².